The highest BCUT2D eigenvalue weighted by atomic mass is 14.8. The second-order valence-corrected chi connectivity index (χ2v) is 7.32. The molecule has 0 saturated heterocycles. The molecule has 0 fully saturated rings. The van der Waals surface area contributed by atoms with E-state index in [0.717, 1.165) is 55.1 Å². The molecule has 0 atom stereocenters. The average molecular weight is 384 g/mol. The first-order chi connectivity index (χ1) is 14.8. The zero-order chi connectivity index (χ0) is 19.9. The van der Waals surface area contributed by atoms with Crippen molar-refractivity contribution in [2.24, 2.45) is 0 Å². The summed E-state index contributed by atoms with van der Waals surface area (Å²) < 4.78 is 0. The molecule has 0 amide bonds. The van der Waals surface area contributed by atoms with E-state index in [4.69, 9.17) is 9.97 Å². The number of benzene rings is 3. The number of hydrogen-bond donors (Lipinski definition) is 0. The van der Waals surface area contributed by atoms with E-state index in [9.17, 15) is 0 Å². The van der Waals surface area contributed by atoms with Crippen LogP contribution in [0.1, 0.15) is 0 Å². The predicted octanol–water partition coefficient (Wildman–Crippen LogP) is 6.06. The normalized spacial score (nSPS) is 11.3. The number of para-hydroxylation sites is 1. The number of aromatic nitrogens is 4. The van der Waals surface area contributed by atoms with Crippen molar-refractivity contribution in [3.63, 3.8) is 0 Å². The molecule has 0 bridgehead atoms. The van der Waals surface area contributed by atoms with Crippen LogP contribution in [-0.2, 0) is 0 Å². The minimum absolute atomic E-state index is 0.932. The summed E-state index contributed by atoms with van der Waals surface area (Å²) in [6.45, 7) is 0. The Kier molecular flexibility index (Phi) is 3.74. The summed E-state index contributed by atoms with van der Waals surface area (Å²) in [5.41, 5.74) is 5.98. The van der Waals surface area contributed by atoms with Gasteiger partial charge in [0.1, 0.15) is 6.33 Å². The quantitative estimate of drug-likeness (QED) is 0.364. The Morgan fingerprint density at radius 3 is 2.33 bits per heavy atom. The molecule has 3 aromatic heterocycles. The molecule has 0 aliphatic heterocycles. The molecule has 0 aliphatic rings. The summed E-state index contributed by atoms with van der Waals surface area (Å²) in [5, 5.41) is 4.40. The van der Waals surface area contributed by atoms with E-state index in [1.165, 1.54) is 0 Å². The van der Waals surface area contributed by atoms with Crippen molar-refractivity contribution in [1.29, 1.82) is 0 Å². The first kappa shape index (κ1) is 16.7. The fourth-order valence-electron chi connectivity index (χ4n) is 3.83. The van der Waals surface area contributed by atoms with Crippen LogP contribution in [0, 0.1) is 0 Å². The number of hydrogen-bond acceptors (Lipinski definition) is 4. The first-order valence-electron chi connectivity index (χ1n) is 9.80. The Balaban J connectivity index is 1.41. The molecule has 0 radical (unpaired) electrons. The molecule has 0 saturated carbocycles. The van der Waals surface area contributed by atoms with Crippen molar-refractivity contribution in [1.82, 2.24) is 19.9 Å². The molecule has 140 valence electrons. The summed E-state index contributed by atoms with van der Waals surface area (Å²) in [4.78, 5) is 17.9. The molecule has 3 heterocycles. The predicted molar refractivity (Wildman–Crippen MR) is 121 cm³/mol. The van der Waals surface area contributed by atoms with Gasteiger partial charge in [-0.2, -0.15) is 0 Å². The zero-order valence-electron chi connectivity index (χ0n) is 16.0. The van der Waals surface area contributed by atoms with Crippen molar-refractivity contribution in [3.8, 4) is 22.5 Å². The summed E-state index contributed by atoms with van der Waals surface area (Å²) >= 11 is 0. The van der Waals surface area contributed by atoms with Gasteiger partial charge >= 0.3 is 0 Å². The van der Waals surface area contributed by atoms with Gasteiger partial charge in [-0.05, 0) is 41.8 Å². The lowest BCUT2D eigenvalue weighted by Gasteiger charge is -2.07. The lowest BCUT2D eigenvalue weighted by atomic mass is 10.0. The Morgan fingerprint density at radius 2 is 1.33 bits per heavy atom. The van der Waals surface area contributed by atoms with Gasteiger partial charge in [0, 0.05) is 39.7 Å². The maximum Gasteiger partial charge on any atom is 0.116 e. The summed E-state index contributed by atoms with van der Waals surface area (Å²) in [7, 11) is 0. The fourth-order valence-corrected chi connectivity index (χ4v) is 3.83. The number of pyridine rings is 2. The molecule has 0 N–H and O–H groups in total. The molecule has 6 aromatic rings. The van der Waals surface area contributed by atoms with Gasteiger partial charge in [-0.25, -0.2) is 15.0 Å². The van der Waals surface area contributed by atoms with Crippen LogP contribution in [0.2, 0.25) is 0 Å². The monoisotopic (exact) mass is 384 g/mol. The number of nitrogens with zero attached hydrogens (tertiary/aromatic N) is 4. The molecule has 3 aromatic carbocycles. The third-order valence-corrected chi connectivity index (χ3v) is 5.42. The summed E-state index contributed by atoms with van der Waals surface area (Å²) in [6, 6.07) is 27.0. The van der Waals surface area contributed by atoms with Crippen molar-refractivity contribution in [3.05, 3.63) is 97.6 Å². The minimum atomic E-state index is 0.932. The van der Waals surface area contributed by atoms with E-state index in [1.807, 2.05) is 36.7 Å². The highest BCUT2D eigenvalue weighted by Crippen LogP contribution is 2.28. The van der Waals surface area contributed by atoms with E-state index < -0.39 is 0 Å². The van der Waals surface area contributed by atoms with E-state index >= 15 is 0 Å². The molecular weight excluding hydrogens is 368 g/mol. The lowest BCUT2D eigenvalue weighted by molar-refractivity contribution is 1.22. The third-order valence-electron chi connectivity index (χ3n) is 5.42. The van der Waals surface area contributed by atoms with Gasteiger partial charge in [-0.3, -0.25) is 4.98 Å². The van der Waals surface area contributed by atoms with Crippen molar-refractivity contribution in [2.75, 3.05) is 0 Å². The lowest BCUT2D eigenvalue weighted by Crippen LogP contribution is -1.88. The number of rotatable bonds is 2. The standard InChI is InChI=1S/C26H16N4/c1-2-4-24-17(3-1)7-10-25(30-24)19-6-5-18-13-26(28-15-21(18)11-19)20-8-9-23-22(12-20)14-27-16-29-23/h1-16H. The average Bonchev–Trinajstić information content (AvgIpc) is 2.83. The second kappa shape index (κ2) is 6.71. The van der Waals surface area contributed by atoms with Gasteiger partial charge in [-0.1, -0.05) is 42.5 Å². The molecule has 0 unspecified atom stereocenters. The topological polar surface area (TPSA) is 51.6 Å². The minimum Gasteiger partial charge on any atom is -0.256 e. The molecule has 4 heteroatoms. The molecule has 30 heavy (non-hydrogen) atoms. The number of fused-ring (bicyclic) bond motifs is 3. The van der Waals surface area contributed by atoms with Crippen LogP contribution in [-0.4, -0.2) is 19.9 Å². The van der Waals surface area contributed by atoms with Crippen LogP contribution < -0.4 is 0 Å². The summed E-state index contributed by atoms with van der Waals surface area (Å²) in [5.74, 6) is 0. The molecular formula is C26H16N4. The smallest absolute Gasteiger partial charge is 0.116 e. The molecule has 6 rings (SSSR count). The SMILES string of the molecule is c1ccc2nc(-c3ccc4cc(-c5ccc6ncncc6c5)ncc4c3)ccc2c1. The van der Waals surface area contributed by atoms with Crippen molar-refractivity contribution < 1.29 is 0 Å². The van der Waals surface area contributed by atoms with Crippen LogP contribution in [0.5, 0.6) is 0 Å². The van der Waals surface area contributed by atoms with E-state index in [1.54, 1.807) is 6.33 Å². The maximum atomic E-state index is 4.81. The molecule has 0 aliphatic carbocycles. The molecule has 0 spiro atoms. The van der Waals surface area contributed by atoms with Crippen LogP contribution in [0.25, 0.3) is 55.1 Å². The van der Waals surface area contributed by atoms with E-state index in [2.05, 4.69) is 64.6 Å². The highest BCUT2D eigenvalue weighted by Gasteiger charge is 2.06. The molecule has 4 nitrogen and oxygen atoms in total. The Morgan fingerprint density at radius 1 is 0.500 bits per heavy atom. The third kappa shape index (κ3) is 2.86. The van der Waals surface area contributed by atoms with Gasteiger partial charge in [0.2, 0.25) is 0 Å². The fraction of sp³-hybridized carbons (Fsp3) is 0. The van der Waals surface area contributed by atoms with Gasteiger partial charge in [0.25, 0.3) is 0 Å². The maximum absolute atomic E-state index is 4.81. The highest BCUT2D eigenvalue weighted by molar-refractivity contribution is 5.91. The Hall–Kier alpha value is -4.18. The Labute approximate surface area is 172 Å². The van der Waals surface area contributed by atoms with Crippen LogP contribution in [0.4, 0.5) is 0 Å². The van der Waals surface area contributed by atoms with Gasteiger partial charge < -0.3 is 0 Å². The van der Waals surface area contributed by atoms with Gasteiger partial charge in [-0.15, -0.1) is 0 Å². The van der Waals surface area contributed by atoms with E-state index in [-0.39, 0.29) is 0 Å². The Bertz CT molecular complexity index is 1440. The van der Waals surface area contributed by atoms with E-state index in [0.29, 0.717) is 0 Å². The second-order valence-electron chi connectivity index (χ2n) is 7.32. The first-order valence-corrected chi connectivity index (χ1v) is 9.80. The zero-order valence-corrected chi connectivity index (χ0v) is 16.0. The summed E-state index contributed by atoms with van der Waals surface area (Å²) in [6.07, 6.45) is 5.33. The van der Waals surface area contributed by atoms with Crippen LogP contribution >= 0.6 is 0 Å². The van der Waals surface area contributed by atoms with Gasteiger partial charge in [0.15, 0.2) is 0 Å². The van der Waals surface area contributed by atoms with Gasteiger partial charge in [0.05, 0.1) is 22.4 Å². The van der Waals surface area contributed by atoms with Crippen LogP contribution in [0.15, 0.2) is 97.6 Å². The largest absolute Gasteiger partial charge is 0.256 e. The van der Waals surface area contributed by atoms with Crippen LogP contribution in [0.3, 0.4) is 0 Å². The van der Waals surface area contributed by atoms with Crippen molar-refractivity contribution in [2.45, 2.75) is 0 Å². The van der Waals surface area contributed by atoms with Crippen molar-refractivity contribution >= 4 is 32.6 Å².